The van der Waals surface area contributed by atoms with Crippen molar-refractivity contribution in [1.82, 2.24) is 0 Å². The lowest BCUT2D eigenvalue weighted by Crippen LogP contribution is -2.16. The fraction of sp³-hybridized carbons (Fsp3) is 0.350. The van der Waals surface area contributed by atoms with E-state index in [2.05, 4.69) is 5.32 Å². The van der Waals surface area contributed by atoms with E-state index in [0.717, 1.165) is 11.3 Å². The lowest BCUT2D eigenvalue weighted by molar-refractivity contribution is -0.111. The van der Waals surface area contributed by atoms with E-state index in [0.29, 0.717) is 11.3 Å². The van der Waals surface area contributed by atoms with E-state index < -0.39 is 17.8 Å². The molecule has 2 aromatic rings. The number of hydrogen-bond acceptors (Lipinski definition) is 7. The summed E-state index contributed by atoms with van der Waals surface area (Å²) < 4.78 is 15.6. The Labute approximate surface area is 167 Å². The predicted octanol–water partition coefficient (Wildman–Crippen LogP) is 4.43. The van der Waals surface area contributed by atoms with Gasteiger partial charge in [-0.3, -0.25) is 4.79 Å². The van der Waals surface area contributed by atoms with Crippen LogP contribution in [-0.2, 0) is 14.3 Å². The van der Waals surface area contributed by atoms with Crippen LogP contribution in [0.2, 0.25) is 0 Å². The van der Waals surface area contributed by atoms with Gasteiger partial charge in [0.1, 0.15) is 15.6 Å². The summed E-state index contributed by atoms with van der Waals surface area (Å²) in [7, 11) is 0. The fourth-order valence-corrected chi connectivity index (χ4v) is 3.36. The number of esters is 2. The first-order chi connectivity index (χ1) is 13.2. The average molecular weight is 405 g/mol. The lowest BCUT2D eigenvalue weighted by Gasteiger charge is -2.10. The number of carbonyl (C=O) groups is 3. The van der Waals surface area contributed by atoms with E-state index >= 15 is 0 Å². The Balaban J connectivity index is 2.33. The summed E-state index contributed by atoms with van der Waals surface area (Å²) in [5.74, 6) is -1.13. The molecule has 7 nitrogen and oxygen atoms in total. The molecular formula is C20H23NO6S. The zero-order valence-corrected chi connectivity index (χ0v) is 17.2. The largest absolute Gasteiger partial charge is 0.465 e. The first-order valence-electron chi connectivity index (χ1n) is 8.77. The number of carbonyl (C=O) groups excluding carboxylic acids is 3. The highest BCUT2D eigenvalue weighted by molar-refractivity contribution is 7.18. The highest BCUT2D eigenvalue weighted by Gasteiger charge is 2.28. The standard InChI is InChI=1S/C20H23NO6S/c1-11(2)26-19(23)16-13(5)17(20(24)27-12(3)4)28-18(16)21-15(22)9-8-14-7-6-10-25-14/h6-12H,1-5H3,(H,21,22). The quantitative estimate of drug-likeness (QED) is 0.541. The first kappa shape index (κ1) is 21.4. The second-order valence-electron chi connectivity index (χ2n) is 6.51. The molecule has 0 aromatic carbocycles. The van der Waals surface area contributed by atoms with Crippen molar-refractivity contribution in [3.05, 3.63) is 46.2 Å². The molecule has 0 unspecified atom stereocenters. The van der Waals surface area contributed by atoms with Gasteiger partial charge in [-0.2, -0.15) is 0 Å². The molecule has 2 heterocycles. The maximum absolute atomic E-state index is 12.5. The third kappa shape index (κ3) is 5.56. The molecule has 0 atom stereocenters. The van der Waals surface area contributed by atoms with Gasteiger partial charge in [0.2, 0.25) is 5.91 Å². The fourth-order valence-electron chi connectivity index (χ4n) is 2.28. The monoisotopic (exact) mass is 405 g/mol. The third-order valence-corrected chi connectivity index (χ3v) is 4.59. The van der Waals surface area contributed by atoms with Gasteiger partial charge in [0.15, 0.2) is 0 Å². The van der Waals surface area contributed by atoms with Gasteiger partial charge >= 0.3 is 11.9 Å². The minimum Gasteiger partial charge on any atom is -0.465 e. The van der Waals surface area contributed by atoms with Crippen LogP contribution in [0.15, 0.2) is 28.9 Å². The zero-order chi connectivity index (χ0) is 20.8. The van der Waals surface area contributed by atoms with Crippen LogP contribution in [-0.4, -0.2) is 30.1 Å². The summed E-state index contributed by atoms with van der Waals surface area (Å²) in [6, 6.07) is 3.40. The maximum atomic E-state index is 12.5. The Kier molecular flexibility index (Phi) is 7.17. The van der Waals surface area contributed by atoms with E-state index in [-0.39, 0.29) is 27.6 Å². The van der Waals surface area contributed by atoms with Crippen molar-refractivity contribution in [2.75, 3.05) is 5.32 Å². The van der Waals surface area contributed by atoms with Gasteiger partial charge < -0.3 is 19.2 Å². The van der Waals surface area contributed by atoms with E-state index in [1.807, 2.05) is 0 Å². The van der Waals surface area contributed by atoms with Crippen molar-refractivity contribution in [3.8, 4) is 0 Å². The van der Waals surface area contributed by atoms with E-state index in [1.54, 1.807) is 46.8 Å². The summed E-state index contributed by atoms with van der Waals surface area (Å²) in [5.41, 5.74) is 0.556. The maximum Gasteiger partial charge on any atom is 0.348 e. The topological polar surface area (TPSA) is 94.8 Å². The van der Waals surface area contributed by atoms with Gasteiger partial charge in [0, 0.05) is 6.08 Å². The molecule has 1 N–H and O–H groups in total. The van der Waals surface area contributed by atoms with Crippen LogP contribution in [0.25, 0.3) is 6.08 Å². The summed E-state index contributed by atoms with van der Waals surface area (Å²) in [6.07, 6.45) is 3.61. The van der Waals surface area contributed by atoms with Crippen molar-refractivity contribution in [1.29, 1.82) is 0 Å². The van der Waals surface area contributed by atoms with Crippen LogP contribution in [0.5, 0.6) is 0 Å². The number of rotatable bonds is 7. The van der Waals surface area contributed by atoms with Crippen molar-refractivity contribution >= 4 is 40.3 Å². The molecule has 0 bridgehead atoms. The van der Waals surface area contributed by atoms with Gasteiger partial charge in [-0.1, -0.05) is 0 Å². The van der Waals surface area contributed by atoms with Crippen LogP contribution >= 0.6 is 11.3 Å². The number of hydrogen-bond donors (Lipinski definition) is 1. The molecule has 8 heteroatoms. The number of thiophene rings is 1. The summed E-state index contributed by atoms with van der Waals surface area (Å²) in [5, 5.41) is 2.87. The molecule has 0 aliphatic heterocycles. The lowest BCUT2D eigenvalue weighted by atomic mass is 10.1. The molecule has 2 rings (SSSR count). The molecule has 0 aliphatic carbocycles. The van der Waals surface area contributed by atoms with Gasteiger partial charge in [0.05, 0.1) is 24.0 Å². The van der Waals surface area contributed by atoms with Crippen molar-refractivity contribution < 1.29 is 28.3 Å². The Morgan fingerprint density at radius 3 is 2.32 bits per heavy atom. The van der Waals surface area contributed by atoms with E-state index in [9.17, 15) is 14.4 Å². The zero-order valence-electron chi connectivity index (χ0n) is 16.4. The SMILES string of the molecule is Cc1c(C(=O)OC(C)C)sc(NC(=O)C=Cc2ccco2)c1C(=O)OC(C)C. The molecule has 150 valence electrons. The normalized spacial score (nSPS) is 11.2. The summed E-state index contributed by atoms with van der Waals surface area (Å²) in [6.45, 7) is 8.53. The van der Waals surface area contributed by atoms with Crippen molar-refractivity contribution in [3.63, 3.8) is 0 Å². The molecule has 0 aliphatic rings. The number of anilines is 1. The van der Waals surface area contributed by atoms with Crippen LogP contribution in [0.1, 0.15) is 59.0 Å². The van der Waals surface area contributed by atoms with E-state index in [4.69, 9.17) is 13.9 Å². The van der Waals surface area contributed by atoms with Crippen molar-refractivity contribution in [2.24, 2.45) is 0 Å². The highest BCUT2D eigenvalue weighted by atomic mass is 32.1. The van der Waals surface area contributed by atoms with E-state index in [1.165, 1.54) is 18.4 Å². The van der Waals surface area contributed by atoms with Gasteiger partial charge in [-0.25, -0.2) is 9.59 Å². The van der Waals surface area contributed by atoms with Crippen molar-refractivity contribution in [2.45, 2.75) is 46.8 Å². The first-order valence-corrected chi connectivity index (χ1v) is 9.58. The molecule has 2 aromatic heterocycles. The van der Waals surface area contributed by atoms with Gasteiger partial charge in [-0.15, -0.1) is 11.3 Å². The molecule has 0 fully saturated rings. The Morgan fingerprint density at radius 1 is 1.11 bits per heavy atom. The van der Waals surface area contributed by atoms with Crippen LogP contribution in [0.4, 0.5) is 5.00 Å². The Hall–Kier alpha value is -2.87. The van der Waals surface area contributed by atoms with Crippen LogP contribution < -0.4 is 5.32 Å². The predicted molar refractivity (Wildman–Crippen MR) is 107 cm³/mol. The Morgan fingerprint density at radius 2 is 1.75 bits per heavy atom. The molecule has 28 heavy (non-hydrogen) atoms. The van der Waals surface area contributed by atoms with Crippen LogP contribution in [0, 0.1) is 6.92 Å². The number of nitrogens with one attached hydrogen (secondary N) is 1. The Bertz CT molecular complexity index is 877. The molecule has 1 amide bonds. The average Bonchev–Trinajstić information content (AvgIpc) is 3.19. The van der Waals surface area contributed by atoms with Gasteiger partial charge in [-0.05, 0) is 58.4 Å². The molecular weight excluding hydrogens is 382 g/mol. The minimum absolute atomic E-state index is 0.147. The number of ether oxygens (including phenoxy) is 2. The molecule has 0 saturated heterocycles. The second-order valence-corrected chi connectivity index (χ2v) is 7.53. The number of amides is 1. The number of furan rings is 1. The second kappa shape index (κ2) is 9.36. The summed E-state index contributed by atoms with van der Waals surface area (Å²) >= 11 is 0.979. The molecule has 0 spiro atoms. The summed E-state index contributed by atoms with van der Waals surface area (Å²) in [4.78, 5) is 37.4. The smallest absolute Gasteiger partial charge is 0.348 e. The van der Waals surface area contributed by atoms with Crippen LogP contribution in [0.3, 0.4) is 0 Å². The third-order valence-electron chi connectivity index (χ3n) is 3.40. The minimum atomic E-state index is -0.613. The van der Waals surface area contributed by atoms with Gasteiger partial charge in [0.25, 0.3) is 0 Å². The highest BCUT2D eigenvalue weighted by Crippen LogP contribution is 2.34. The molecule has 0 radical (unpaired) electrons. The molecule has 0 saturated carbocycles.